The van der Waals surface area contributed by atoms with Crippen LogP contribution in [0.15, 0.2) is 0 Å². The number of rotatable bonds is 5. The molecule has 1 aromatic heterocycles. The Hall–Kier alpha value is -0.870. The molecule has 0 unspecified atom stereocenters. The zero-order valence-electron chi connectivity index (χ0n) is 11.8. The average molecular weight is 251 g/mol. The first-order valence-corrected chi connectivity index (χ1v) is 7.00. The monoisotopic (exact) mass is 251 g/mol. The maximum atomic E-state index is 5.35. The molecule has 0 bridgehead atoms. The molecule has 2 rings (SSSR count). The normalized spacial score (nSPS) is 17.3. The van der Waals surface area contributed by atoms with Crippen LogP contribution in [-0.2, 0) is 11.3 Å². The highest BCUT2D eigenvalue weighted by Crippen LogP contribution is 2.11. The molecule has 102 valence electrons. The largest absolute Gasteiger partial charge is 0.381 e. The smallest absolute Gasteiger partial charge is 0.0625 e. The van der Waals surface area contributed by atoms with Crippen LogP contribution < -0.4 is 5.32 Å². The zero-order valence-corrected chi connectivity index (χ0v) is 11.8. The van der Waals surface area contributed by atoms with Crippen molar-refractivity contribution in [1.29, 1.82) is 0 Å². The van der Waals surface area contributed by atoms with E-state index in [1.165, 1.54) is 11.3 Å². The third-order valence-electron chi connectivity index (χ3n) is 3.94. The van der Waals surface area contributed by atoms with Gasteiger partial charge in [0.15, 0.2) is 0 Å². The van der Waals surface area contributed by atoms with Gasteiger partial charge in [0.05, 0.1) is 5.69 Å². The fourth-order valence-electron chi connectivity index (χ4n) is 2.44. The third-order valence-corrected chi connectivity index (χ3v) is 3.94. The summed E-state index contributed by atoms with van der Waals surface area (Å²) in [6.07, 6.45) is 3.44. The summed E-state index contributed by atoms with van der Waals surface area (Å²) in [5.41, 5.74) is 3.79. The summed E-state index contributed by atoms with van der Waals surface area (Å²) >= 11 is 0. The Morgan fingerprint density at radius 2 is 2.00 bits per heavy atom. The molecule has 18 heavy (non-hydrogen) atoms. The Kier molecular flexibility index (Phi) is 4.78. The number of aryl methyl sites for hydroxylation is 2. The summed E-state index contributed by atoms with van der Waals surface area (Å²) < 4.78 is 7.49. The van der Waals surface area contributed by atoms with E-state index in [0.29, 0.717) is 6.04 Å². The van der Waals surface area contributed by atoms with Gasteiger partial charge in [-0.15, -0.1) is 0 Å². The first-order chi connectivity index (χ1) is 8.68. The van der Waals surface area contributed by atoms with Crippen molar-refractivity contribution in [1.82, 2.24) is 15.1 Å². The molecule has 0 aliphatic carbocycles. The van der Waals surface area contributed by atoms with Gasteiger partial charge in [-0.05, 0) is 52.1 Å². The highest BCUT2D eigenvalue weighted by Gasteiger charge is 2.12. The second-order valence-electron chi connectivity index (χ2n) is 5.21. The standard InChI is InChI=1S/C14H25N3O/c1-11-12(2)16-17(13(11)3)8-4-7-15-14-5-9-18-10-6-14/h14-15H,4-10H2,1-3H3. The summed E-state index contributed by atoms with van der Waals surface area (Å²) in [4.78, 5) is 0. The molecule has 1 aliphatic heterocycles. The van der Waals surface area contributed by atoms with Gasteiger partial charge in [-0.2, -0.15) is 5.10 Å². The SMILES string of the molecule is Cc1nn(CCCNC2CCOCC2)c(C)c1C. The van der Waals surface area contributed by atoms with Crippen LogP contribution in [-0.4, -0.2) is 35.6 Å². The topological polar surface area (TPSA) is 39.1 Å². The van der Waals surface area contributed by atoms with Crippen molar-refractivity contribution in [3.8, 4) is 0 Å². The second-order valence-corrected chi connectivity index (χ2v) is 5.21. The summed E-state index contributed by atoms with van der Waals surface area (Å²) in [6, 6.07) is 0.654. The third kappa shape index (κ3) is 3.33. The lowest BCUT2D eigenvalue weighted by Crippen LogP contribution is -2.35. The molecule has 1 aromatic rings. The molecule has 0 atom stereocenters. The van der Waals surface area contributed by atoms with E-state index in [4.69, 9.17) is 4.74 Å². The van der Waals surface area contributed by atoms with Gasteiger partial charge in [-0.3, -0.25) is 4.68 Å². The maximum Gasteiger partial charge on any atom is 0.0625 e. The van der Waals surface area contributed by atoms with Crippen molar-refractivity contribution in [2.75, 3.05) is 19.8 Å². The van der Waals surface area contributed by atoms with Gasteiger partial charge < -0.3 is 10.1 Å². The van der Waals surface area contributed by atoms with Gasteiger partial charge in [0.2, 0.25) is 0 Å². The van der Waals surface area contributed by atoms with Crippen molar-refractivity contribution < 1.29 is 4.74 Å². The molecule has 1 fully saturated rings. The van der Waals surface area contributed by atoms with Crippen LogP contribution in [0.5, 0.6) is 0 Å². The molecule has 0 aromatic carbocycles. The number of hydrogen-bond donors (Lipinski definition) is 1. The Bertz CT molecular complexity index is 381. The summed E-state index contributed by atoms with van der Waals surface area (Å²) in [7, 11) is 0. The van der Waals surface area contributed by atoms with Crippen molar-refractivity contribution in [2.45, 2.75) is 52.6 Å². The number of hydrogen-bond acceptors (Lipinski definition) is 3. The predicted molar refractivity (Wildman–Crippen MR) is 72.9 cm³/mol. The van der Waals surface area contributed by atoms with Gasteiger partial charge in [-0.25, -0.2) is 0 Å². The molecule has 2 heterocycles. The van der Waals surface area contributed by atoms with Crippen LogP contribution >= 0.6 is 0 Å². The van der Waals surface area contributed by atoms with Gasteiger partial charge >= 0.3 is 0 Å². The van der Waals surface area contributed by atoms with Crippen molar-refractivity contribution in [2.24, 2.45) is 0 Å². The lowest BCUT2D eigenvalue weighted by atomic mass is 10.1. The molecule has 1 N–H and O–H groups in total. The molecule has 1 aliphatic rings. The number of aromatic nitrogens is 2. The fourth-order valence-corrected chi connectivity index (χ4v) is 2.44. The number of nitrogens with one attached hydrogen (secondary N) is 1. The van der Waals surface area contributed by atoms with Gasteiger partial charge in [0.25, 0.3) is 0 Å². The van der Waals surface area contributed by atoms with Gasteiger partial charge in [0, 0.05) is 31.5 Å². The first kappa shape index (κ1) is 13.6. The lowest BCUT2D eigenvalue weighted by molar-refractivity contribution is 0.0779. The van der Waals surface area contributed by atoms with Gasteiger partial charge in [0.1, 0.15) is 0 Å². The second kappa shape index (κ2) is 6.34. The Morgan fingerprint density at radius 3 is 2.61 bits per heavy atom. The maximum absolute atomic E-state index is 5.35. The Balaban J connectivity index is 1.70. The predicted octanol–water partition coefficient (Wildman–Crippen LogP) is 1.97. The summed E-state index contributed by atoms with van der Waals surface area (Å²) in [5, 5.41) is 8.17. The summed E-state index contributed by atoms with van der Waals surface area (Å²) in [6.45, 7) is 10.3. The van der Waals surface area contributed by atoms with Crippen LogP contribution in [0.3, 0.4) is 0 Å². The Labute approximate surface area is 110 Å². The fraction of sp³-hybridized carbons (Fsp3) is 0.786. The molecule has 1 saturated heterocycles. The zero-order chi connectivity index (χ0) is 13.0. The van der Waals surface area contributed by atoms with E-state index in [1.54, 1.807) is 0 Å². The van der Waals surface area contributed by atoms with Crippen LogP contribution in [0.25, 0.3) is 0 Å². The minimum absolute atomic E-state index is 0.654. The van der Waals surface area contributed by atoms with E-state index < -0.39 is 0 Å². The highest BCUT2D eigenvalue weighted by molar-refractivity contribution is 5.21. The molecular weight excluding hydrogens is 226 g/mol. The van der Waals surface area contributed by atoms with Crippen LogP contribution in [0.4, 0.5) is 0 Å². The Morgan fingerprint density at radius 1 is 1.28 bits per heavy atom. The van der Waals surface area contributed by atoms with E-state index >= 15 is 0 Å². The molecule has 4 nitrogen and oxygen atoms in total. The van der Waals surface area contributed by atoms with Crippen molar-refractivity contribution >= 4 is 0 Å². The molecule has 0 amide bonds. The molecule has 0 saturated carbocycles. The minimum Gasteiger partial charge on any atom is -0.381 e. The molecular formula is C14H25N3O. The van der Waals surface area contributed by atoms with Crippen LogP contribution in [0.2, 0.25) is 0 Å². The summed E-state index contributed by atoms with van der Waals surface area (Å²) in [5.74, 6) is 0. The number of ether oxygens (including phenoxy) is 1. The first-order valence-electron chi connectivity index (χ1n) is 7.00. The van der Waals surface area contributed by atoms with Crippen LogP contribution in [0.1, 0.15) is 36.2 Å². The van der Waals surface area contributed by atoms with Crippen LogP contribution in [0, 0.1) is 20.8 Å². The van der Waals surface area contributed by atoms with E-state index in [1.807, 2.05) is 0 Å². The van der Waals surface area contributed by atoms with E-state index in [-0.39, 0.29) is 0 Å². The molecule has 0 radical (unpaired) electrons. The van der Waals surface area contributed by atoms with Crippen molar-refractivity contribution in [3.63, 3.8) is 0 Å². The van der Waals surface area contributed by atoms with Gasteiger partial charge in [-0.1, -0.05) is 0 Å². The lowest BCUT2D eigenvalue weighted by Gasteiger charge is -2.23. The van der Waals surface area contributed by atoms with E-state index in [2.05, 4.69) is 35.9 Å². The molecule has 0 spiro atoms. The van der Waals surface area contributed by atoms with E-state index in [0.717, 1.165) is 51.3 Å². The average Bonchev–Trinajstić information content (AvgIpc) is 2.64. The van der Waals surface area contributed by atoms with E-state index in [9.17, 15) is 0 Å². The highest BCUT2D eigenvalue weighted by atomic mass is 16.5. The number of nitrogens with zero attached hydrogens (tertiary/aromatic N) is 2. The van der Waals surface area contributed by atoms with Crippen molar-refractivity contribution in [3.05, 3.63) is 17.0 Å². The molecule has 4 heteroatoms. The quantitative estimate of drug-likeness (QED) is 0.813. The minimum atomic E-state index is 0.654.